The van der Waals surface area contributed by atoms with E-state index in [1.54, 1.807) is 6.20 Å². The van der Waals surface area contributed by atoms with Gasteiger partial charge in [-0.2, -0.15) is 0 Å². The van der Waals surface area contributed by atoms with Crippen molar-refractivity contribution in [3.8, 4) is 0 Å². The molecule has 0 aliphatic carbocycles. The summed E-state index contributed by atoms with van der Waals surface area (Å²) in [7, 11) is 4.20. The third-order valence-corrected chi connectivity index (χ3v) is 3.59. The number of aromatic amines is 1. The molecule has 5 heteroatoms. The van der Waals surface area contributed by atoms with Gasteiger partial charge in [-0.15, -0.1) is 0 Å². The Bertz CT molecular complexity index is 380. The topological polar surface area (TPSA) is 42.6 Å². The van der Waals surface area contributed by atoms with Gasteiger partial charge in [-0.1, -0.05) is 0 Å². The number of H-pyrrole nitrogens is 1. The number of hydrogen-bond acceptors (Lipinski definition) is 4. The highest BCUT2D eigenvalue weighted by Gasteiger charge is 2.19. The number of nitrogens with zero attached hydrogens (tertiary/aromatic N) is 3. The molecule has 2 heterocycles. The predicted molar refractivity (Wildman–Crippen MR) is 76.6 cm³/mol. The molecule has 2 rings (SSSR count). The van der Waals surface area contributed by atoms with Gasteiger partial charge in [0.15, 0.2) is 5.78 Å². The first-order valence-corrected chi connectivity index (χ1v) is 6.91. The van der Waals surface area contributed by atoms with Crippen molar-refractivity contribution >= 4 is 5.78 Å². The maximum Gasteiger partial charge on any atom is 0.192 e. The van der Waals surface area contributed by atoms with Gasteiger partial charge in [-0.3, -0.25) is 14.6 Å². The fraction of sp³-hybridized carbons (Fsp3) is 0.643. The monoisotopic (exact) mass is 264 g/mol. The van der Waals surface area contributed by atoms with Crippen molar-refractivity contribution in [2.45, 2.75) is 0 Å². The van der Waals surface area contributed by atoms with E-state index in [-0.39, 0.29) is 5.78 Å². The van der Waals surface area contributed by atoms with Crippen LogP contribution in [0, 0.1) is 0 Å². The Morgan fingerprint density at radius 1 is 1.26 bits per heavy atom. The summed E-state index contributed by atoms with van der Waals surface area (Å²) in [5.74, 6) is 0.187. The lowest BCUT2D eigenvalue weighted by Crippen LogP contribution is -2.49. The van der Waals surface area contributed by atoms with Crippen molar-refractivity contribution in [2.24, 2.45) is 0 Å². The third-order valence-electron chi connectivity index (χ3n) is 3.59. The summed E-state index contributed by atoms with van der Waals surface area (Å²) in [6.07, 6.45) is 1.80. The van der Waals surface area contributed by atoms with E-state index >= 15 is 0 Å². The maximum absolute atomic E-state index is 12.0. The summed E-state index contributed by atoms with van der Waals surface area (Å²) in [6.45, 7) is 6.84. The summed E-state index contributed by atoms with van der Waals surface area (Å²) >= 11 is 0. The number of carbonyl (C=O) groups is 1. The van der Waals surface area contributed by atoms with Gasteiger partial charge in [0.2, 0.25) is 0 Å². The molecule has 19 heavy (non-hydrogen) atoms. The Labute approximate surface area is 115 Å². The van der Waals surface area contributed by atoms with Crippen molar-refractivity contribution in [3.63, 3.8) is 0 Å². The molecule has 1 fully saturated rings. The number of rotatable bonds is 6. The molecule has 1 aliphatic heterocycles. The molecule has 1 aromatic heterocycles. The summed E-state index contributed by atoms with van der Waals surface area (Å²) in [4.78, 5) is 21.9. The molecule has 0 bridgehead atoms. The van der Waals surface area contributed by atoms with Gasteiger partial charge in [0.1, 0.15) is 0 Å². The first kappa shape index (κ1) is 14.2. The van der Waals surface area contributed by atoms with E-state index in [1.807, 2.05) is 12.1 Å². The van der Waals surface area contributed by atoms with Crippen LogP contribution < -0.4 is 0 Å². The van der Waals surface area contributed by atoms with Crippen LogP contribution in [-0.4, -0.2) is 85.4 Å². The van der Waals surface area contributed by atoms with Crippen LogP contribution in [0.1, 0.15) is 10.5 Å². The second-order valence-corrected chi connectivity index (χ2v) is 5.43. The Morgan fingerprint density at radius 3 is 2.53 bits per heavy atom. The largest absolute Gasteiger partial charge is 0.359 e. The number of ketones is 1. The van der Waals surface area contributed by atoms with Crippen LogP contribution in [0.2, 0.25) is 0 Å². The molecule has 0 radical (unpaired) electrons. The van der Waals surface area contributed by atoms with Gasteiger partial charge < -0.3 is 9.88 Å². The Kier molecular flexibility index (Phi) is 5.13. The first-order chi connectivity index (χ1) is 9.15. The Morgan fingerprint density at radius 2 is 1.95 bits per heavy atom. The van der Waals surface area contributed by atoms with Crippen molar-refractivity contribution in [1.82, 2.24) is 19.7 Å². The second-order valence-electron chi connectivity index (χ2n) is 5.43. The number of Topliss-reactive ketones (excluding diaryl/α,β-unsaturated/α-hetero) is 1. The van der Waals surface area contributed by atoms with E-state index < -0.39 is 0 Å². The van der Waals surface area contributed by atoms with Crippen LogP contribution in [0.25, 0.3) is 0 Å². The third kappa shape index (κ3) is 4.45. The zero-order valence-electron chi connectivity index (χ0n) is 11.9. The van der Waals surface area contributed by atoms with E-state index in [2.05, 4.69) is 33.8 Å². The molecule has 0 aromatic carbocycles. The van der Waals surface area contributed by atoms with Crippen LogP contribution in [-0.2, 0) is 0 Å². The number of likely N-dealkylation sites (N-methyl/N-ethyl adjacent to an activating group) is 1. The molecule has 0 atom stereocenters. The fourth-order valence-corrected chi connectivity index (χ4v) is 2.30. The van der Waals surface area contributed by atoms with Crippen LogP contribution in [0.3, 0.4) is 0 Å². The van der Waals surface area contributed by atoms with Gasteiger partial charge in [0.05, 0.1) is 12.2 Å². The molecular formula is C14H24N4O. The maximum atomic E-state index is 12.0. The highest BCUT2D eigenvalue weighted by molar-refractivity contribution is 5.95. The zero-order valence-corrected chi connectivity index (χ0v) is 11.9. The van der Waals surface area contributed by atoms with Crippen LogP contribution in [0.5, 0.6) is 0 Å². The van der Waals surface area contributed by atoms with Gasteiger partial charge in [0.25, 0.3) is 0 Å². The standard InChI is InChI=1S/C14H24N4O/c1-16(2)6-7-17-8-10-18(11-9-17)12-14(19)13-4-3-5-15-13/h3-5,15H,6-12H2,1-2H3. The minimum absolute atomic E-state index is 0.187. The zero-order chi connectivity index (χ0) is 13.7. The van der Waals surface area contributed by atoms with Gasteiger partial charge in [-0.25, -0.2) is 0 Å². The quantitative estimate of drug-likeness (QED) is 0.754. The van der Waals surface area contributed by atoms with Gasteiger partial charge in [-0.05, 0) is 26.2 Å². The lowest BCUT2D eigenvalue weighted by Gasteiger charge is -2.34. The number of carbonyl (C=O) groups excluding carboxylic acids is 1. The minimum Gasteiger partial charge on any atom is -0.359 e. The highest BCUT2D eigenvalue weighted by atomic mass is 16.1. The highest BCUT2D eigenvalue weighted by Crippen LogP contribution is 2.04. The molecule has 1 saturated heterocycles. The number of nitrogens with one attached hydrogen (secondary N) is 1. The molecule has 106 valence electrons. The molecule has 1 aliphatic rings. The van der Waals surface area contributed by atoms with Crippen LogP contribution in [0.4, 0.5) is 0 Å². The molecular weight excluding hydrogens is 240 g/mol. The Hall–Kier alpha value is -1.17. The van der Waals surface area contributed by atoms with Crippen molar-refractivity contribution in [3.05, 3.63) is 24.0 Å². The SMILES string of the molecule is CN(C)CCN1CCN(CC(=O)c2ccc[nH]2)CC1. The smallest absolute Gasteiger partial charge is 0.192 e. The summed E-state index contributed by atoms with van der Waals surface area (Å²) < 4.78 is 0. The number of hydrogen-bond donors (Lipinski definition) is 1. The first-order valence-electron chi connectivity index (χ1n) is 6.91. The summed E-state index contributed by atoms with van der Waals surface area (Å²) in [6, 6.07) is 3.71. The summed E-state index contributed by atoms with van der Waals surface area (Å²) in [5.41, 5.74) is 0.718. The van der Waals surface area contributed by atoms with Crippen LogP contribution >= 0.6 is 0 Å². The minimum atomic E-state index is 0.187. The lowest BCUT2D eigenvalue weighted by molar-refractivity contribution is 0.0840. The second kappa shape index (κ2) is 6.84. The van der Waals surface area contributed by atoms with E-state index in [1.165, 1.54) is 0 Å². The van der Waals surface area contributed by atoms with E-state index in [9.17, 15) is 4.79 Å². The number of aromatic nitrogens is 1. The normalized spacial score (nSPS) is 18.1. The van der Waals surface area contributed by atoms with Gasteiger partial charge in [0, 0.05) is 45.5 Å². The Balaban J connectivity index is 1.70. The average Bonchev–Trinajstić information content (AvgIpc) is 2.92. The molecule has 0 unspecified atom stereocenters. The predicted octanol–water partition coefficient (Wildman–Crippen LogP) is 0.377. The van der Waals surface area contributed by atoms with Crippen molar-refractivity contribution in [2.75, 3.05) is 59.9 Å². The van der Waals surface area contributed by atoms with E-state index in [0.29, 0.717) is 6.54 Å². The molecule has 0 saturated carbocycles. The fourth-order valence-electron chi connectivity index (χ4n) is 2.30. The lowest BCUT2D eigenvalue weighted by atomic mass is 10.2. The molecule has 5 nitrogen and oxygen atoms in total. The van der Waals surface area contributed by atoms with Crippen molar-refractivity contribution in [1.29, 1.82) is 0 Å². The van der Waals surface area contributed by atoms with Crippen LogP contribution in [0.15, 0.2) is 18.3 Å². The molecule has 1 aromatic rings. The average molecular weight is 264 g/mol. The van der Waals surface area contributed by atoms with Gasteiger partial charge >= 0.3 is 0 Å². The molecule has 0 spiro atoms. The molecule has 0 amide bonds. The molecule has 1 N–H and O–H groups in total. The van der Waals surface area contributed by atoms with Crippen molar-refractivity contribution < 1.29 is 4.79 Å². The summed E-state index contributed by atoms with van der Waals surface area (Å²) in [5, 5.41) is 0. The number of piperazine rings is 1. The van der Waals surface area contributed by atoms with E-state index in [0.717, 1.165) is 45.0 Å². The van der Waals surface area contributed by atoms with E-state index in [4.69, 9.17) is 0 Å².